The maximum absolute atomic E-state index is 5.92. The van der Waals surface area contributed by atoms with Crippen molar-refractivity contribution >= 4 is 5.96 Å². The van der Waals surface area contributed by atoms with Gasteiger partial charge < -0.3 is 24.8 Å². The Kier molecular flexibility index (Phi) is 8.84. The second-order valence-electron chi connectivity index (χ2n) is 7.19. The van der Waals surface area contributed by atoms with E-state index < -0.39 is 0 Å². The van der Waals surface area contributed by atoms with Crippen LogP contribution in [0.2, 0.25) is 0 Å². The van der Waals surface area contributed by atoms with Gasteiger partial charge in [-0.2, -0.15) is 0 Å². The molecule has 0 bridgehead atoms. The van der Waals surface area contributed by atoms with E-state index in [1.54, 1.807) is 14.2 Å². The Morgan fingerprint density at radius 2 is 2.04 bits per heavy atom. The minimum atomic E-state index is -0.244. The molecule has 0 saturated carbocycles. The van der Waals surface area contributed by atoms with Gasteiger partial charge in [0, 0.05) is 46.9 Å². The largest absolute Gasteiger partial charge is 0.492 e. The van der Waals surface area contributed by atoms with Gasteiger partial charge in [-0.1, -0.05) is 12.1 Å². The van der Waals surface area contributed by atoms with Crippen molar-refractivity contribution in [1.29, 1.82) is 0 Å². The molecule has 1 aromatic carbocycles. The molecule has 0 aliphatic carbocycles. The Morgan fingerprint density at radius 3 is 2.74 bits per heavy atom. The Hall–Kier alpha value is -1.83. The number of nitrogens with one attached hydrogen (secondary N) is 2. The summed E-state index contributed by atoms with van der Waals surface area (Å²) in [6.07, 6.45) is 0. The highest BCUT2D eigenvalue weighted by atomic mass is 16.5. The molecule has 1 aliphatic rings. The first kappa shape index (κ1) is 21.5. The molecule has 0 amide bonds. The van der Waals surface area contributed by atoms with Crippen molar-refractivity contribution in [2.75, 3.05) is 60.2 Å². The number of benzene rings is 1. The van der Waals surface area contributed by atoms with Crippen molar-refractivity contribution in [1.82, 2.24) is 15.5 Å². The number of hydrogen-bond acceptors (Lipinski definition) is 5. The van der Waals surface area contributed by atoms with E-state index >= 15 is 0 Å². The summed E-state index contributed by atoms with van der Waals surface area (Å²) in [5.74, 6) is 1.64. The molecular weight excluding hydrogens is 344 g/mol. The average molecular weight is 379 g/mol. The lowest BCUT2D eigenvalue weighted by atomic mass is 10.1. The average Bonchev–Trinajstić information content (AvgIpc) is 2.69. The van der Waals surface area contributed by atoms with E-state index in [1.165, 1.54) is 0 Å². The van der Waals surface area contributed by atoms with Gasteiger partial charge in [0.05, 0.1) is 18.8 Å². The highest BCUT2D eigenvalue weighted by molar-refractivity contribution is 5.79. The second kappa shape index (κ2) is 11.1. The molecule has 1 aromatic rings. The van der Waals surface area contributed by atoms with Crippen LogP contribution < -0.4 is 15.4 Å². The highest BCUT2D eigenvalue weighted by Gasteiger charge is 2.16. The fraction of sp³-hybridized carbons (Fsp3) is 0.650. The van der Waals surface area contributed by atoms with Crippen LogP contribution in [-0.2, 0) is 16.0 Å². The summed E-state index contributed by atoms with van der Waals surface area (Å²) in [6, 6.07) is 8.16. The minimum absolute atomic E-state index is 0.244. The molecule has 1 fully saturated rings. The third-order valence-corrected chi connectivity index (χ3v) is 4.60. The van der Waals surface area contributed by atoms with Crippen molar-refractivity contribution in [3.63, 3.8) is 0 Å². The zero-order valence-corrected chi connectivity index (χ0v) is 17.1. The van der Waals surface area contributed by atoms with Crippen LogP contribution in [-0.4, -0.2) is 76.6 Å². The molecule has 27 heavy (non-hydrogen) atoms. The number of methoxy groups -OCH3 is 1. The number of morpholine rings is 1. The Bertz CT molecular complexity index is 586. The Balaban J connectivity index is 1.75. The number of aliphatic imine (C=N–C) groups is 1. The third-order valence-electron chi connectivity index (χ3n) is 4.60. The monoisotopic (exact) mass is 378 g/mol. The standard InChI is InChI=1S/C20H34N4O3/c1-20(2,25-4)16-23-19(21-3)22-15-17-6-5-7-18(14-17)27-13-10-24-8-11-26-12-9-24/h5-7,14H,8-13,15-16H2,1-4H3,(H2,21,22,23). The predicted molar refractivity (Wildman–Crippen MR) is 108 cm³/mol. The van der Waals surface area contributed by atoms with E-state index in [0.717, 1.165) is 50.1 Å². The summed E-state index contributed by atoms with van der Waals surface area (Å²) in [6.45, 7) is 10.6. The van der Waals surface area contributed by atoms with Crippen molar-refractivity contribution in [3.8, 4) is 5.75 Å². The van der Waals surface area contributed by atoms with Crippen molar-refractivity contribution in [2.24, 2.45) is 4.99 Å². The molecule has 2 N–H and O–H groups in total. The molecule has 0 spiro atoms. The number of ether oxygens (including phenoxy) is 3. The lowest BCUT2D eigenvalue weighted by Gasteiger charge is -2.26. The van der Waals surface area contributed by atoms with Gasteiger partial charge in [0.15, 0.2) is 5.96 Å². The minimum Gasteiger partial charge on any atom is -0.492 e. The highest BCUT2D eigenvalue weighted by Crippen LogP contribution is 2.13. The Labute approximate surface area is 163 Å². The SMILES string of the molecule is CN=C(NCc1cccc(OCCN2CCOCC2)c1)NCC(C)(C)OC. The van der Waals surface area contributed by atoms with E-state index in [2.05, 4.69) is 32.7 Å². The van der Waals surface area contributed by atoms with Gasteiger partial charge in [0.25, 0.3) is 0 Å². The molecule has 0 radical (unpaired) electrons. The van der Waals surface area contributed by atoms with Gasteiger partial charge in [-0.05, 0) is 31.5 Å². The number of nitrogens with zero attached hydrogens (tertiary/aromatic N) is 2. The Morgan fingerprint density at radius 1 is 1.26 bits per heavy atom. The maximum Gasteiger partial charge on any atom is 0.191 e. The van der Waals surface area contributed by atoms with Gasteiger partial charge in [-0.3, -0.25) is 9.89 Å². The maximum atomic E-state index is 5.92. The van der Waals surface area contributed by atoms with Crippen LogP contribution in [0.3, 0.4) is 0 Å². The molecule has 0 aromatic heterocycles. The number of rotatable bonds is 9. The van der Waals surface area contributed by atoms with Crippen molar-refractivity contribution in [3.05, 3.63) is 29.8 Å². The molecule has 1 aliphatic heterocycles. The van der Waals surface area contributed by atoms with Crippen LogP contribution in [0.1, 0.15) is 19.4 Å². The molecule has 2 rings (SSSR count). The van der Waals surface area contributed by atoms with Crippen LogP contribution in [0, 0.1) is 0 Å². The van der Waals surface area contributed by atoms with Crippen LogP contribution in [0.25, 0.3) is 0 Å². The van der Waals surface area contributed by atoms with E-state index in [9.17, 15) is 0 Å². The van der Waals surface area contributed by atoms with Gasteiger partial charge in [-0.25, -0.2) is 0 Å². The summed E-state index contributed by atoms with van der Waals surface area (Å²) < 4.78 is 16.7. The smallest absolute Gasteiger partial charge is 0.191 e. The first-order chi connectivity index (χ1) is 13.0. The van der Waals surface area contributed by atoms with Gasteiger partial charge in [0.1, 0.15) is 12.4 Å². The summed E-state index contributed by atoms with van der Waals surface area (Å²) in [5.41, 5.74) is 0.902. The molecule has 1 saturated heterocycles. The van der Waals surface area contributed by atoms with Crippen molar-refractivity contribution < 1.29 is 14.2 Å². The normalized spacial score (nSPS) is 16.2. The van der Waals surface area contributed by atoms with Crippen molar-refractivity contribution in [2.45, 2.75) is 26.0 Å². The van der Waals surface area contributed by atoms with E-state index in [1.807, 2.05) is 26.0 Å². The fourth-order valence-electron chi connectivity index (χ4n) is 2.64. The zero-order valence-electron chi connectivity index (χ0n) is 17.1. The number of hydrogen-bond donors (Lipinski definition) is 2. The second-order valence-corrected chi connectivity index (χ2v) is 7.19. The van der Waals surface area contributed by atoms with E-state index in [-0.39, 0.29) is 5.60 Å². The predicted octanol–water partition coefficient (Wildman–Crippen LogP) is 1.49. The summed E-state index contributed by atoms with van der Waals surface area (Å²) in [7, 11) is 3.47. The zero-order chi connectivity index (χ0) is 19.5. The first-order valence-electron chi connectivity index (χ1n) is 9.54. The molecule has 7 heteroatoms. The molecular formula is C20H34N4O3. The van der Waals surface area contributed by atoms with E-state index in [0.29, 0.717) is 19.7 Å². The summed E-state index contributed by atoms with van der Waals surface area (Å²) >= 11 is 0. The fourth-order valence-corrected chi connectivity index (χ4v) is 2.64. The molecule has 152 valence electrons. The summed E-state index contributed by atoms with van der Waals surface area (Å²) in [5, 5.41) is 6.61. The van der Waals surface area contributed by atoms with Crippen LogP contribution in [0.4, 0.5) is 0 Å². The lowest BCUT2D eigenvalue weighted by molar-refractivity contribution is 0.0268. The van der Waals surface area contributed by atoms with Gasteiger partial charge >= 0.3 is 0 Å². The van der Waals surface area contributed by atoms with Gasteiger partial charge in [0.2, 0.25) is 0 Å². The first-order valence-corrected chi connectivity index (χ1v) is 9.54. The quantitative estimate of drug-likeness (QED) is 0.501. The van der Waals surface area contributed by atoms with Gasteiger partial charge in [-0.15, -0.1) is 0 Å². The van der Waals surface area contributed by atoms with Crippen LogP contribution in [0.15, 0.2) is 29.3 Å². The van der Waals surface area contributed by atoms with E-state index in [4.69, 9.17) is 14.2 Å². The third kappa shape index (κ3) is 8.15. The molecule has 1 heterocycles. The van der Waals surface area contributed by atoms with Crippen LogP contribution >= 0.6 is 0 Å². The molecule has 7 nitrogen and oxygen atoms in total. The number of guanidine groups is 1. The topological polar surface area (TPSA) is 67.4 Å². The van der Waals surface area contributed by atoms with Crippen LogP contribution in [0.5, 0.6) is 5.75 Å². The lowest BCUT2D eigenvalue weighted by Crippen LogP contribution is -2.45. The summed E-state index contributed by atoms with van der Waals surface area (Å²) in [4.78, 5) is 6.62. The molecule has 0 unspecified atom stereocenters. The molecule has 0 atom stereocenters.